The Labute approximate surface area is 221 Å². The van der Waals surface area contributed by atoms with Gasteiger partial charge >= 0.3 is 0 Å². The molecule has 0 bridgehead atoms. The van der Waals surface area contributed by atoms with E-state index in [-0.39, 0.29) is 5.91 Å². The first-order chi connectivity index (χ1) is 17.4. The molecule has 1 aromatic heterocycles. The molecule has 2 aromatic carbocycles. The van der Waals surface area contributed by atoms with Crippen LogP contribution >= 0.6 is 11.8 Å². The van der Waals surface area contributed by atoms with E-state index >= 15 is 0 Å². The summed E-state index contributed by atoms with van der Waals surface area (Å²) in [5.41, 5.74) is 7.37. The normalized spacial score (nSPS) is 12.1. The van der Waals surface area contributed by atoms with Crippen molar-refractivity contribution in [2.24, 2.45) is 0 Å². The summed E-state index contributed by atoms with van der Waals surface area (Å²) in [6.45, 7) is 9.38. The van der Waals surface area contributed by atoms with Gasteiger partial charge in [0.1, 0.15) is 0 Å². The highest BCUT2D eigenvalue weighted by Crippen LogP contribution is 2.21. The van der Waals surface area contributed by atoms with E-state index in [0.29, 0.717) is 12.1 Å². The number of benzene rings is 2. The molecular weight excluding hydrogens is 460 g/mol. The summed E-state index contributed by atoms with van der Waals surface area (Å²) in [5, 5.41) is 4.29. The number of H-pyrrole nitrogens is 1. The number of aromatic nitrogens is 1. The van der Waals surface area contributed by atoms with Gasteiger partial charge in [0.05, 0.1) is 0 Å². The Balaban J connectivity index is 1.40. The van der Waals surface area contributed by atoms with Crippen LogP contribution in [0.4, 0.5) is 0 Å². The number of para-hydroxylation sites is 1. The number of fused-ring (bicyclic) bond motifs is 1. The van der Waals surface area contributed by atoms with Crippen LogP contribution in [0.5, 0.6) is 0 Å². The number of hydrogen-bond acceptors (Lipinski definition) is 2. The van der Waals surface area contributed by atoms with Crippen molar-refractivity contribution in [1.82, 2.24) is 10.3 Å². The number of aromatic amines is 1. The maximum Gasteiger partial charge on any atom is 0.251 e. The Bertz CT molecular complexity index is 1230. The minimum absolute atomic E-state index is 0.0178. The van der Waals surface area contributed by atoms with Crippen LogP contribution in [-0.4, -0.2) is 23.2 Å². The number of nitrogens with one attached hydrogen (secondary N) is 2. The van der Waals surface area contributed by atoms with E-state index in [0.717, 1.165) is 48.3 Å². The fourth-order valence-corrected chi connectivity index (χ4v) is 5.04. The summed E-state index contributed by atoms with van der Waals surface area (Å²) in [4.78, 5) is 17.1. The molecule has 3 rings (SSSR count). The van der Waals surface area contributed by atoms with Crippen molar-refractivity contribution in [2.75, 3.05) is 12.3 Å². The first kappa shape index (κ1) is 27.6. The monoisotopic (exact) mass is 500 g/mol. The number of carbonyl (C=O) groups is 1. The van der Waals surface area contributed by atoms with Gasteiger partial charge in [-0.25, -0.2) is 0 Å². The maximum atomic E-state index is 12.7. The number of hydrogen-bond donors (Lipinski definition) is 2. The molecule has 0 aliphatic heterocycles. The molecule has 0 radical (unpaired) electrons. The van der Waals surface area contributed by atoms with Gasteiger partial charge in [-0.15, -0.1) is 11.8 Å². The lowest BCUT2D eigenvalue weighted by Gasteiger charge is -2.07. The molecule has 0 saturated carbocycles. The third-order valence-electron chi connectivity index (χ3n) is 6.26. The van der Waals surface area contributed by atoms with Crippen LogP contribution < -0.4 is 5.32 Å². The van der Waals surface area contributed by atoms with Crippen molar-refractivity contribution >= 4 is 28.6 Å². The van der Waals surface area contributed by atoms with Gasteiger partial charge in [-0.05, 0) is 89.6 Å². The van der Waals surface area contributed by atoms with Gasteiger partial charge in [0.2, 0.25) is 0 Å². The third-order valence-corrected chi connectivity index (χ3v) is 7.18. The quantitative estimate of drug-likeness (QED) is 0.182. The van der Waals surface area contributed by atoms with Crippen LogP contribution in [0.2, 0.25) is 0 Å². The van der Waals surface area contributed by atoms with Crippen LogP contribution in [0.15, 0.2) is 94.6 Å². The molecule has 0 unspecified atom stereocenters. The Morgan fingerprint density at radius 3 is 2.47 bits per heavy atom. The van der Waals surface area contributed by atoms with E-state index in [1.54, 1.807) is 11.8 Å². The summed E-state index contributed by atoms with van der Waals surface area (Å²) < 4.78 is 0. The molecule has 3 aromatic rings. The second-order valence-electron chi connectivity index (χ2n) is 9.66. The standard InChI is InChI=1S/C32H40N2OS/c1-24(2)10-7-11-25(3)12-8-13-26(4)19-21-36-29-15-9-14-27(22-29)32(35)33-20-18-28-23-34-31-17-6-5-16-30(28)31/h5-6,9-10,12,14-17,19,22-23,34H,7-8,11,13,18,20-21H2,1-4H3,(H,33,35)/b25-12+,26-19+. The topological polar surface area (TPSA) is 44.9 Å². The summed E-state index contributed by atoms with van der Waals surface area (Å²) >= 11 is 1.77. The smallest absolute Gasteiger partial charge is 0.251 e. The molecule has 1 heterocycles. The average molecular weight is 501 g/mol. The van der Waals surface area contributed by atoms with Crippen molar-refractivity contribution < 1.29 is 4.79 Å². The molecule has 4 heteroatoms. The van der Waals surface area contributed by atoms with E-state index in [9.17, 15) is 4.79 Å². The van der Waals surface area contributed by atoms with E-state index < -0.39 is 0 Å². The third kappa shape index (κ3) is 9.23. The minimum atomic E-state index is -0.0178. The predicted octanol–water partition coefficient (Wildman–Crippen LogP) is 8.65. The van der Waals surface area contributed by atoms with Crippen LogP contribution in [0.1, 0.15) is 69.3 Å². The Hall–Kier alpha value is -2.98. The van der Waals surface area contributed by atoms with Gasteiger partial charge in [0, 0.05) is 39.9 Å². The van der Waals surface area contributed by atoms with Crippen LogP contribution in [0.3, 0.4) is 0 Å². The first-order valence-electron chi connectivity index (χ1n) is 12.9. The molecule has 0 saturated heterocycles. The first-order valence-corrected chi connectivity index (χ1v) is 13.9. The summed E-state index contributed by atoms with van der Waals surface area (Å²) in [5.74, 6) is 0.900. The fraction of sp³-hybridized carbons (Fsp3) is 0.344. The van der Waals surface area contributed by atoms with Crippen molar-refractivity contribution in [3.05, 3.63) is 101 Å². The van der Waals surface area contributed by atoms with Crippen molar-refractivity contribution in [2.45, 2.75) is 64.7 Å². The molecule has 3 nitrogen and oxygen atoms in total. The van der Waals surface area contributed by atoms with Gasteiger partial charge in [-0.1, -0.05) is 59.2 Å². The lowest BCUT2D eigenvalue weighted by molar-refractivity contribution is 0.0954. The highest BCUT2D eigenvalue weighted by molar-refractivity contribution is 7.99. The van der Waals surface area contributed by atoms with Gasteiger partial charge < -0.3 is 10.3 Å². The molecule has 0 atom stereocenters. The summed E-state index contributed by atoms with van der Waals surface area (Å²) in [6.07, 6.45) is 14.3. The van der Waals surface area contributed by atoms with Crippen LogP contribution in [0.25, 0.3) is 10.9 Å². The summed E-state index contributed by atoms with van der Waals surface area (Å²) in [6, 6.07) is 16.2. The molecule has 0 spiro atoms. The number of amides is 1. The van der Waals surface area contributed by atoms with Crippen molar-refractivity contribution in [1.29, 1.82) is 0 Å². The molecule has 0 aliphatic carbocycles. The second-order valence-corrected chi connectivity index (χ2v) is 10.8. The van der Waals surface area contributed by atoms with E-state index in [1.807, 2.05) is 36.5 Å². The van der Waals surface area contributed by atoms with Crippen molar-refractivity contribution in [3.8, 4) is 0 Å². The number of carbonyl (C=O) groups excluding carboxylic acids is 1. The maximum absolute atomic E-state index is 12.7. The largest absolute Gasteiger partial charge is 0.361 e. The van der Waals surface area contributed by atoms with Crippen LogP contribution in [-0.2, 0) is 6.42 Å². The molecule has 190 valence electrons. The zero-order valence-electron chi connectivity index (χ0n) is 22.2. The predicted molar refractivity (Wildman–Crippen MR) is 157 cm³/mol. The number of thioether (sulfide) groups is 1. The number of rotatable bonds is 13. The highest BCUT2D eigenvalue weighted by atomic mass is 32.2. The Kier molecular flexibility index (Phi) is 11.2. The molecule has 0 aliphatic rings. The fourth-order valence-electron chi connectivity index (χ4n) is 4.10. The Morgan fingerprint density at radius 1 is 0.917 bits per heavy atom. The van der Waals surface area contributed by atoms with Gasteiger partial charge in [-0.2, -0.15) is 0 Å². The Morgan fingerprint density at radius 2 is 1.67 bits per heavy atom. The SMILES string of the molecule is CC(C)=CCC/C(C)=C/CC/C(C)=C/CSc1cccc(C(=O)NCCc2c[nH]c3ccccc23)c1. The molecule has 2 N–H and O–H groups in total. The van der Waals surface area contributed by atoms with Crippen molar-refractivity contribution in [3.63, 3.8) is 0 Å². The van der Waals surface area contributed by atoms with E-state index in [1.165, 1.54) is 27.7 Å². The van der Waals surface area contributed by atoms with Gasteiger partial charge in [0.25, 0.3) is 5.91 Å². The van der Waals surface area contributed by atoms with Gasteiger partial charge in [0.15, 0.2) is 0 Å². The lowest BCUT2D eigenvalue weighted by Crippen LogP contribution is -2.25. The molecule has 0 fully saturated rings. The molecule has 1 amide bonds. The van der Waals surface area contributed by atoms with Crippen LogP contribution in [0, 0.1) is 0 Å². The zero-order valence-corrected chi connectivity index (χ0v) is 23.0. The van der Waals surface area contributed by atoms with Gasteiger partial charge in [-0.3, -0.25) is 4.79 Å². The minimum Gasteiger partial charge on any atom is -0.361 e. The van der Waals surface area contributed by atoms with E-state index in [4.69, 9.17) is 0 Å². The zero-order chi connectivity index (χ0) is 25.8. The molecular formula is C32H40N2OS. The molecule has 36 heavy (non-hydrogen) atoms. The lowest BCUT2D eigenvalue weighted by atomic mass is 10.1. The highest BCUT2D eigenvalue weighted by Gasteiger charge is 2.08. The summed E-state index contributed by atoms with van der Waals surface area (Å²) in [7, 11) is 0. The van der Waals surface area contributed by atoms with E-state index in [2.05, 4.69) is 74.4 Å². The number of allylic oxidation sites excluding steroid dienone is 5. The average Bonchev–Trinajstić information content (AvgIpc) is 3.27. The second kappa shape index (κ2) is 14.5.